The summed E-state index contributed by atoms with van der Waals surface area (Å²) in [5.74, 6) is -0.0520. The minimum absolute atomic E-state index is 0.0520. The van der Waals surface area contributed by atoms with Gasteiger partial charge in [0.2, 0.25) is 11.0 Å². The van der Waals surface area contributed by atoms with E-state index in [9.17, 15) is 4.79 Å². The summed E-state index contributed by atoms with van der Waals surface area (Å²) in [4.78, 5) is 16.6. The van der Waals surface area contributed by atoms with Crippen molar-refractivity contribution in [2.75, 3.05) is 0 Å². The first-order chi connectivity index (χ1) is 11.9. The number of hydrogen-bond donors (Lipinski definition) is 1. The number of nitrogens with zero attached hydrogens (tertiary/aromatic N) is 3. The Morgan fingerprint density at radius 1 is 1.24 bits per heavy atom. The van der Waals surface area contributed by atoms with E-state index in [2.05, 4.69) is 15.4 Å². The smallest absolute Gasteiger partial charge is 0.226 e. The monoisotopic (exact) mass is 374 g/mol. The number of benzene rings is 1. The Labute approximate surface area is 155 Å². The lowest BCUT2D eigenvalue weighted by molar-refractivity contribution is -0.120. The van der Waals surface area contributed by atoms with Crippen LogP contribution in [0.2, 0.25) is 5.02 Å². The van der Waals surface area contributed by atoms with Gasteiger partial charge in [-0.2, -0.15) is 5.10 Å². The number of hydrogen-bond acceptors (Lipinski definition) is 4. The van der Waals surface area contributed by atoms with Gasteiger partial charge in [0.15, 0.2) is 0 Å². The molecule has 0 bridgehead atoms. The van der Waals surface area contributed by atoms with E-state index in [1.54, 1.807) is 4.68 Å². The lowest BCUT2D eigenvalue weighted by Gasteiger charge is -2.04. The van der Waals surface area contributed by atoms with Crippen LogP contribution in [0.4, 0.5) is 0 Å². The van der Waals surface area contributed by atoms with E-state index in [1.807, 2.05) is 50.4 Å². The Kier molecular flexibility index (Phi) is 5.20. The van der Waals surface area contributed by atoms with Crippen molar-refractivity contribution in [3.8, 4) is 5.13 Å². The molecule has 3 aromatic rings. The minimum atomic E-state index is -0.0520. The fourth-order valence-corrected chi connectivity index (χ4v) is 3.36. The summed E-state index contributed by atoms with van der Waals surface area (Å²) in [5.41, 5.74) is 4.63. The quantitative estimate of drug-likeness (QED) is 0.739. The lowest BCUT2D eigenvalue weighted by atomic mass is 10.1. The van der Waals surface area contributed by atoms with Gasteiger partial charge in [-0.15, -0.1) is 11.3 Å². The zero-order valence-corrected chi connectivity index (χ0v) is 15.9. The molecule has 0 fully saturated rings. The van der Waals surface area contributed by atoms with Gasteiger partial charge in [-0.05, 0) is 26.3 Å². The fraction of sp³-hybridized carbons (Fsp3) is 0.278. The largest absolute Gasteiger partial charge is 0.352 e. The van der Waals surface area contributed by atoms with E-state index in [1.165, 1.54) is 16.9 Å². The fourth-order valence-electron chi connectivity index (χ4n) is 2.42. The molecule has 7 heteroatoms. The zero-order chi connectivity index (χ0) is 18.0. The molecule has 1 aromatic carbocycles. The van der Waals surface area contributed by atoms with E-state index < -0.39 is 0 Å². The first-order valence-electron chi connectivity index (χ1n) is 7.93. The number of aromatic nitrogens is 3. The Morgan fingerprint density at radius 3 is 2.60 bits per heavy atom. The average molecular weight is 375 g/mol. The molecule has 0 spiro atoms. The maximum atomic E-state index is 12.1. The van der Waals surface area contributed by atoms with E-state index >= 15 is 0 Å². The molecule has 25 heavy (non-hydrogen) atoms. The van der Waals surface area contributed by atoms with Crippen LogP contribution in [0.15, 0.2) is 29.6 Å². The Bertz CT molecular complexity index is 898. The van der Waals surface area contributed by atoms with Gasteiger partial charge >= 0.3 is 0 Å². The lowest BCUT2D eigenvalue weighted by Crippen LogP contribution is -2.24. The highest BCUT2D eigenvalue weighted by Gasteiger charge is 2.14. The second-order valence-corrected chi connectivity index (χ2v) is 7.17. The SMILES string of the molecule is Cc1ccc(CNC(=O)Cc2csc(-n3nc(C)c(Cl)c3C)n2)cc1. The molecule has 0 aliphatic carbocycles. The van der Waals surface area contributed by atoms with E-state index in [0.717, 1.165) is 22.6 Å². The highest BCUT2D eigenvalue weighted by atomic mass is 35.5. The second-order valence-electron chi connectivity index (χ2n) is 5.96. The third-order valence-corrected chi connectivity index (χ3v) is 5.29. The van der Waals surface area contributed by atoms with Crippen LogP contribution in [-0.4, -0.2) is 20.7 Å². The average Bonchev–Trinajstić information content (AvgIpc) is 3.14. The van der Waals surface area contributed by atoms with Crippen LogP contribution in [0.3, 0.4) is 0 Å². The first kappa shape index (κ1) is 17.6. The number of amides is 1. The number of halogens is 1. The molecule has 0 aliphatic heterocycles. The summed E-state index contributed by atoms with van der Waals surface area (Å²) in [7, 11) is 0. The molecule has 0 radical (unpaired) electrons. The normalized spacial score (nSPS) is 10.9. The molecule has 0 aliphatic rings. The van der Waals surface area contributed by atoms with Crippen LogP contribution >= 0.6 is 22.9 Å². The van der Waals surface area contributed by atoms with Gasteiger partial charge in [-0.25, -0.2) is 9.67 Å². The van der Waals surface area contributed by atoms with Crippen molar-refractivity contribution in [3.05, 3.63) is 62.9 Å². The number of thiazole rings is 1. The third kappa shape index (κ3) is 4.08. The van der Waals surface area contributed by atoms with Crippen LogP contribution in [0.1, 0.15) is 28.2 Å². The second kappa shape index (κ2) is 7.37. The van der Waals surface area contributed by atoms with Crippen molar-refractivity contribution in [2.45, 2.75) is 33.7 Å². The van der Waals surface area contributed by atoms with Crippen molar-refractivity contribution in [1.29, 1.82) is 0 Å². The van der Waals surface area contributed by atoms with E-state index in [0.29, 0.717) is 16.7 Å². The first-order valence-corrected chi connectivity index (χ1v) is 9.18. The summed E-state index contributed by atoms with van der Waals surface area (Å²) >= 11 is 7.63. The number of rotatable bonds is 5. The van der Waals surface area contributed by atoms with Crippen LogP contribution in [0.5, 0.6) is 0 Å². The number of nitrogens with one attached hydrogen (secondary N) is 1. The maximum Gasteiger partial charge on any atom is 0.226 e. The summed E-state index contributed by atoms with van der Waals surface area (Å²) in [5, 5.41) is 10.6. The molecule has 0 atom stereocenters. The van der Waals surface area contributed by atoms with Crippen LogP contribution in [0, 0.1) is 20.8 Å². The Balaban J connectivity index is 1.61. The van der Waals surface area contributed by atoms with Crippen LogP contribution in [0.25, 0.3) is 5.13 Å². The molecular formula is C18H19ClN4OS. The maximum absolute atomic E-state index is 12.1. The van der Waals surface area contributed by atoms with Crippen molar-refractivity contribution in [3.63, 3.8) is 0 Å². The van der Waals surface area contributed by atoms with Gasteiger partial charge in [-0.1, -0.05) is 41.4 Å². The molecule has 2 heterocycles. The van der Waals surface area contributed by atoms with Gasteiger partial charge in [0.1, 0.15) is 0 Å². The van der Waals surface area contributed by atoms with Crippen molar-refractivity contribution in [1.82, 2.24) is 20.1 Å². The molecule has 0 saturated heterocycles. The van der Waals surface area contributed by atoms with Crippen molar-refractivity contribution < 1.29 is 4.79 Å². The number of carbonyl (C=O) groups is 1. The molecule has 2 aromatic heterocycles. The predicted octanol–water partition coefficient (Wildman–Crippen LogP) is 3.77. The molecule has 1 N–H and O–H groups in total. The standard InChI is InChI=1S/C18H19ClN4OS/c1-11-4-6-14(7-5-11)9-20-16(24)8-15-10-25-18(21-15)23-13(3)17(19)12(2)22-23/h4-7,10H,8-9H2,1-3H3,(H,20,24). The summed E-state index contributed by atoms with van der Waals surface area (Å²) in [6.07, 6.45) is 0.245. The summed E-state index contributed by atoms with van der Waals surface area (Å²) in [6.45, 7) is 6.32. The van der Waals surface area contributed by atoms with Gasteiger partial charge in [-0.3, -0.25) is 4.79 Å². The molecule has 0 saturated carbocycles. The van der Waals surface area contributed by atoms with Crippen molar-refractivity contribution in [2.24, 2.45) is 0 Å². The molecule has 0 unspecified atom stereocenters. The van der Waals surface area contributed by atoms with Gasteiger partial charge in [0.05, 0.1) is 28.5 Å². The van der Waals surface area contributed by atoms with Gasteiger partial charge in [0, 0.05) is 11.9 Å². The van der Waals surface area contributed by atoms with Crippen LogP contribution < -0.4 is 5.32 Å². The van der Waals surface area contributed by atoms with E-state index in [4.69, 9.17) is 11.6 Å². The number of carbonyl (C=O) groups excluding carboxylic acids is 1. The molecule has 1 amide bonds. The van der Waals surface area contributed by atoms with Crippen molar-refractivity contribution >= 4 is 28.8 Å². The van der Waals surface area contributed by atoms with Gasteiger partial charge in [0.25, 0.3) is 0 Å². The molecule has 3 rings (SSSR count). The predicted molar refractivity (Wildman–Crippen MR) is 100 cm³/mol. The number of aryl methyl sites for hydroxylation is 2. The molecule has 5 nitrogen and oxygen atoms in total. The summed E-state index contributed by atoms with van der Waals surface area (Å²) < 4.78 is 1.72. The minimum Gasteiger partial charge on any atom is -0.352 e. The Hall–Kier alpha value is -2.18. The van der Waals surface area contributed by atoms with Crippen LogP contribution in [-0.2, 0) is 17.8 Å². The van der Waals surface area contributed by atoms with E-state index in [-0.39, 0.29) is 12.3 Å². The highest BCUT2D eigenvalue weighted by Crippen LogP contribution is 2.24. The Morgan fingerprint density at radius 2 is 1.96 bits per heavy atom. The van der Waals surface area contributed by atoms with Gasteiger partial charge < -0.3 is 5.32 Å². The molecule has 130 valence electrons. The highest BCUT2D eigenvalue weighted by molar-refractivity contribution is 7.12. The topological polar surface area (TPSA) is 59.8 Å². The molecular weight excluding hydrogens is 356 g/mol. The zero-order valence-electron chi connectivity index (χ0n) is 14.3. The summed E-state index contributed by atoms with van der Waals surface area (Å²) in [6, 6.07) is 8.10. The third-order valence-electron chi connectivity index (χ3n) is 3.88.